The average Bonchev–Trinajstić information content (AvgIpc) is 1.87. The summed E-state index contributed by atoms with van der Waals surface area (Å²) in [5, 5.41) is 13.1. The van der Waals surface area contributed by atoms with Gasteiger partial charge in [-0.1, -0.05) is 0 Å². The van der Waals surface area contributed by atoms with Crippen LogP contribution in [0.15, 0.2) is 0 Å². The first kappa shape index (κ1) is 8.90. The van der Waals surface area contributed by atoms with Crippen LogP contribution in [0.4, 0.5) is 0 Å². The molecule has 5 nitrogen and oxygen atoms in total. The van der Waals surface area contributed by atoms with E-state index in [0.29, 0.717) is 6.41 Å². The molecule has 0 aromatic heterocycles. The van der Waals surface area contributed by atoms with E-state index in [-0.39, 0.29) is 6.54 Å². The summed E-state index contributed by atoms with van der Waals surface area (Å²) in [7, 11) is 1.61. The maximum absolute atomic E-state index is 10.2. The third-order valence-electron chi connectivity index (χ3n) is 0.976. The molecule has 0 bridgehead atoms. The summed E-state index contributed by atoms with van der Waals surface area (Å²) in [6, 6.07) is -0.831. The zero-order valence-electron chi connectivity index (χ0n) is 5.63. The van der Waals surface area contributed by atoms with Crippen LogP contribution in [0.3, 0.4) is 0 Å². The zero-order valence-corrected chi connectivity index (χ0v) is 5.63. The largest absolute Gasteiger partial charge is 0.480 e. The number of likely N-dealkylation sites (N-methyl/N-ethyl adjacent to an activating group) is 1. The lowest BCUT2D eigenvalue weighted by molar-refractivity contribution is -0.140. The van der Waals surface area contributed by atoms with E-state index in [1.807, 2.05) is 0 Å². The summed E-state index contributed by atoms with van der Waals surface area (Å²) in [6.07, 6.45) is 0.371. The topological polar surface area (TPSA) is 78.4 Å². The van der Waals surface area contributed by atoms with Gasteiger partial charge >= 0.3 is 5.97 Å². The van der Waals surface area contributed by atoms with E-state index in [1.54, 1.807) is 7.05 Å². The van der Waals surface area contributed by atoms with Gasteiger partial charge < -0.3 is 15.7 Å². The highest BCUT2D eigenvalue weighted by Crippen LogP contribution is 1.77. The third kappa shape index (κ3) is 3.03. The molecule has 1 unspecified atom stereocenters. The second kappa shape index (κ2) is 4.75. The zero-order chi connectivity index (χ0) is 7.98. The molecule has 0 fully saturated rings. The summed E-state index contributed by atoms with van der Waals surface area (Å²) < 4.78 is 0. The molecule has 0 aliphatic rings. The highest BCUT2D eigenvalue weighted by Gasteiger charge is 2.13. The van der Waals surface area contributed by atoms with Crippen molar-refractivity contribution in [3.63, 3.8) is 0 Å². The predicted octanol–water partition coefficient (Wildman–Crippen LogP) is -1.59. The van der Waals surface area contributed by atoms with E-state index in [1.165, 1.54) is 0 Å². The van der Waals surface area contributed by atoms with Crippen molar-refractivity contribution >= 4 is 12.4 Å². The summed E-state index contributed by atoms with van der Waals surface area (Å²) in [5.41, 5.74) is 0. The van der Waals surface area contributed by atoms with Crippen molar-refractivity contribution in [3.05, 3.63) is 0 Å². The van der Waals surface area contributed by atoms with Crippen molar-refractivity contribution in [2.45, 2.75) is 6.04 Å². The van der Waals surface area contributed by atoms with Crippen LogP contribution < -0.4 is 10.6 Å². The van der Waals surface area contributed by atoms with Crippen LogP contribution in [0.5, 0.6) is 0 Å². The van der Waals surface area contributed by atoms with Gasteiger partial charge in [0.2, 0.25) is 6.41 Å². The average molecular weight is 146 g/mol. The van der Waals surface area contributed by atoms with Crippen molar-refractivity contribution in [2.75, 3.05) is 13.6 Å². The van der Waals surface area contributed by atoms with Crippen LogP contribution in [-0.2, 0) is 9.59 Å². The van der Waals surface area contributed by atoms with Gasteiger partial charge in [0, 0.05) is 6.54 Å². The Kier molecular flexibility index (Phi) is 4.23. The Morgan fingerprint density at radius 2 is 2.40 bits per heavy atom. The molecule has 0 heterocycles. The SMILES string of the molecule is CNCC(NC=O)C(=O)O. The first-order chi connectivity index (χ1) is 4.72. The normalized spacial score (nSPS) is 12.1. The number of carboxylic acids is 1. The van der Waals surface area contributed by atoms with Crippen LogP contribution in [-0.4, -0.2) is 37.1 Å². The minimum Gasteiger partial charge on any atom is -0.480 e. The van der Waals surface area contributed by atoms with Gasteiger partial charge in [0.05, 0.1) is 0 Å². The standard InChI is InChI=1S/C5H10N2O3/c1-6-2-4(5(9)10)7-3-8/h3-4,6H,2H2,1H3,(H,7,8)(H,9,10). The summed E-state index contributed by atoms with van der Waals surface area (Å²) in [6.45, 7) is 0.230. The van der Waals surface area contributed by atoms with Gasteiger partial charge in [-0.05, 0) is 7.05 Å². The van der Waals surface area contributed by atoms with E-state index < -0.39 is 12.0 Å². The minimum absolute atomic E-state index is 0.230. The van der Waals surface area contributed by atoms with Gasteiger partial charge in [0.15, 0.2) is 0 Å². The maximum Gasteiger partial charge on any atom is 0.327 e. The molecule has 1 amide bonds. The molecule has 0 spiro atoms. The van der Waals surface area contributed by atoms with Crippen molar-refractivity contribution in [3.8, 4) is 0 Å². The Bertz CT molecular complexity index is 126. The molecule has 0 aromatic rings. The second-order valence-electron chi connectivity index (χ2n) is 1.73. The Balaban J connectivity index is 3.71. The molecule has 58 valence electrons. The molecular weight excluding hydrogens is 136 g/mol. The fourth-order valence-electron chi connectivity index (χ4n) is 0.504. The number of hydrogen-bond acceptors (Lipinski definition) is 3. The quantitative estimate of drug-likeness (QED) is 0.408. The number of hydrogen-bond donors (Lipinski definition) is 3. The van der Waals surface area contributed by atoms with Crippen LogP contribution in [0.25, 0.3) is 0 Å². The maximum atomic E-state index is 10.2. The molecule has 3 N–H and O–H groups in total. The number of aliphatic carboxylic acids is 1. The van der Waals surface area contributed by atoms with Crippen molar-refractivity contribution < 1.29 is 14.7 Å². The Hall–Kier alpha value is -1.10. The van der Waals surface area contributed by atoms with Gasteiger partial charge in [-0.2, -0.15) is 0 Å². The molecule has 0 aliphatic heterocycles. The molecule has 10 heavy (non-hydrogen) atoms. The van der Waals surface area contributed by atoms with E-state index in [9.17, 15) is 9.59 Å². The fraction of sp³-hybridized carbons (Fsp3) is 0.600. The van der Waals surface area contributed by atoms with Gasteiger partial charge in [-0.25, -0.2) is 4.79 Å². The molecule has 5 heteroatoms. The number of amides is 1. The lowest BCUT2D eigenvalue weighted by atomic mass is 10.3. The first-order valence-corrected chi connectivity index (χ1v) is 2.79. The van der Waals surface area contributed by atoms with Crippen LogP contribution in [0.2, 0.25) is 0 Å². The van der Waals surface area contributed by atoms with Crippen molar-refractivity contribution in [2.24, 2.45) is 0 Å². The number of rotatable bonds is 5. The number of carboxylic acid groups (broad SMARTS) is 1. The highest BCUT2D eigenvalue weighted by molar-refractivity contribution is 5.76. The molecule has 1 atom stereocenters. The molecule has 0 rings (SSSR count). The fourth-order valence-corrected chi connectivity index (χ4v) is 0.504. The van der Waals surface area contributed by atoms with Crippen LogP contribution in [0.1, 0.15) is 0 Å². The third-order valence-corrected chi connectivity index (χ3v) is 0.976. The van der Waals surface area contributed by atoms with Crippen LogP contribution in [0, 0.1) is 0 Å². The van der Waals surface area contributed by atoms with Gasteiger partial charge in [-0.3, -0.25) is 4.79 Å². The molecule has 0 saturated heterocycles. The van der Waals surface area contributed by atoms with Crippen molar-refractivity contribution in [1.82, 2.24) is 10.6 Å². The van der Waals surface area contributed by atoms with Gasteiger partial charge in [0.25, 0.3) is 0 Å². The van der Waals surface area contributed by atoms with E-state index >= 15 is 0 Å². The van der Waals surface area contributed by atoms with Gasteiger partial charge in [-0.15, -0.1) is 0 Å². The molecule has 0 radical (unpaired) electrons. The second-order valence-corrected chi connectivity index (χ2v) is 1.73. The Morgan fingerprint density at radius 3 is 2.70 bits per heavy atom. The van der Waals surface area contributed by atoms with E-state index in [2.05, 4.69) is 10.6 Å². The molecule has 0 saturated carbocycles. The van der Waals surface area contributed by atoms with E-state index in [4.69, 9.17) is 5.11 Å². The van der Waals surface area contributed by atoms with Crippen LogP contribution >= 0.6 is 0 Å². The molecule has 0 aliphatic carbocycles. The lowest BCUT2D eigenvalue weighted by Gasteiger charge is -2.08. The first-order valence-electron chi connectivity index (χ1n) is 2.79. The lowest BCUT2D eigenvalue weighted by Crippen LogP contribution is -2.42. The highest BCUT2D eigenvalue weighted by atomic mass is 16.4. The summed E-state index contributed by atoms with van der Waals surface area (Å²) >= 11 is 0. The summed E-state index contributed by atoms with van der Waals surface area (Å²) in [4.78, 5) is 20.0. The van der Waals surface area contributed by atoms with Crippen molar-refractivity contribution in [1.29, 1.82) is 0 Å². The molecule has 0 aromatic carbocycles. The monoisotopic (exact) mass is 146 g/mol. The Labute approximate surface area is 58.4 Å². The minimum atomic E-state index is -1.04. The van der Waals surface area contributed by atoms with Gasteiger partial charge in [0.1, 0.15) is 6.04 Å². The number of carbonyl (C=O) groups is 2. The number of nitrogens with one attached hydrogen (secondary N) is 2. The van der Waals surface area contributed by atoms with E-state index in [0.717, 1.165) is 0 Å². The number of carbonyl (C=O) groups excluding carboxylic acids is 1. The summed E-state index contributed by atoms with van der Waals surface area (Å²) in [5.74, 6) is -1.04. The Morgan fingerprint density at radius 1 is 1.80 bits per heavy atom. The predicted molar refractivity (Wildman–Crippen MR) is 34.6 cm³/mol. The smallest absolute Gasteiger partial charge is 0.327 e. The molecular formula is C5H10N2O3.